The van der Waals surface area contributed by atoms with Crippen LogP contribution in [0.4, 0.5) is 10.3 Å². The number of nitrogens with zero attached hydrogens (tertiary/aromatic N) is 2. The predicted molar refractivity (Wildman–Crippen MR) is 65.3 cm³/mol. The first-order valence-corrected chi connectivity index (χ1v) is 6.08. The molecule has 0 spiro atoms. The zero-order chi connectivity index (χ0) is 12.7. The van der Waals surface area contributed by atoms with Crippen LogP contribution in [0.1, 0.15) is 46.0 Å². The van der Waals surface area contributed by atoms with Crippen LogP contribution in [-0.2, 0) is 0 Å². The number of ether oxygens (including phenoxy) is 1. The molecule has 0 bridgehead atoms. The lowest BCUT2D eigenvalue weighted by Crippen LogP contribution is -2.14. The molecule has 0 aliphatic rings. The first-order valence-electron chi connectivity index (χ1n) is 6.08. The highest BCUT2D eigenvalue weighted by Crippen LogP contribution is 2.17. The molecule has 2 N–H and O–H groups in total. The van der Waals surface area contributed by atoms with Gasteiger partial charge in [-0.3, -0.25) is 0 Å². The van der Waals surface area contributed by atoms with Gasteiger partial charge >= 0.3 is 0 Å². The minimum absolute atomic E-state index is 0.0274. The van der Waals surface area contributed by atoms with Gasteiger partial charge in [-0.1, -0.05) is 26.2 Å². The fraction of sp³-hybridized carbons (Fsp3) is 0.667. The molecule has 1 aromatic heterocycles. The minimum Gasteiger partial charge on any atom is -0.472 e. The Kier molecular flexibility index (Phi) is 5.66. The molecule has 0 amide bonds. The van der Waals surface area contributed by atoms with Gasteiger partial charge in [-0.05, 0) is 19.8 Å². The summed E-state index contributed by atoms with van der Waals surface area (Å²) in [6.45, 7) is 4.07. The van der Waals surface area contributed by atoms with Gasteiger partial charge in [0.15, 0.2) is 0 Å². The Morgan fingerprint density at radius 1 is 1.41 bits per heavy atom. The summed E-state index contributed by atoms with van der Waals surface area (Å²) in [4.78, 5) is 7.27. The topological polar surface area (TPSA) is 61.0 Å². The second-order valence-corrected chi connectivity index (χ2v) is 4.16. The Morgan fingerprint density at radius 2 is 2.18 bits per heavy atom. The van der Waals surface area contributed by atoms with Gasteiger partial charge in [0.2, 0.25) is 11.8 Å². The van der Waals surface area contributed by atoms with E-state index in [1.54, 1.807) is 0 Å². The van der Waals surface area contributed by atoms with E-state index in [-0.39, 0.29) is 17.9 Å². The number of nitrogen functional groups attached to an aromatic ring is 1. The highest BCUT2D eigenvalue weighted by atomic mass is 19.1. The van der Waals surface area contributed by atoms with E-state index in [0.717, 1.165) is 19.0 Å². The van der Waals surface area contributed by atoms with Crippen molar-refractivity contribution >= 4 is 5.95 Å². The van der Waals surface area contributed by atoms with Crippen LogP contribution in [-0.4, -0.2) is 16.1 Å². The van der Waals surface area contributed by atoms with Crippen molar-refractivity contribution in [1.29, 1.82) is 0 Å². The van der Waals surface area contributed by atoms with Gasteiger partial charge in [-0.15, -0.1) is 0 Å². The number of halogens is 1. The van der Waals surface area contributed by atoms with Crippen LogP contribution in [0.3, 0.4) is 0 Å². The molecule has 0 aliphatic carbocycles. The zero-order valence-corrected chi connectivity index (χ0v) is 10.4. The van der Waals surface area contributed by atoms with Gasteiger partial charge in [0.05, 0.1) is 12.3 Å². The second kappa shape index (κ2) is 7.04. The average Bonchev–Trinajstić information content (AvgIpc) is 2.29. The molecule has 1 aromatic rings. The SMILES string of the molecule is CCCCCCC(C)Oc1nc(N)ncc1F. The molecule has 96 valence electrons. The van der Waals surface area contributed by atoms with Crippen LogP contribution in [0.5, 0.6) is 5.88 Å². The third kappa shape index (κ3) is 4.97. The highest BCUT2D eigenvalue weighted by Gasteiger charge is 2.11. The second-order valence-electron chi connectivity index (χ2n) is 4.16. The summed E-state index contributed by atoms with van der Waals surface area (Å²) >= 11 is 0. The third-order valence-electron chi connectivity index (χ3n) is 2.51. The Balaban J connectivity index is 2.39. The molecule has 4 nitrogen and oxygen atoms in total. The zero-order valence-electron chi connectivity index (χ0n) is 10.4. The maximum absolute atomic E-state index is 13.3. The number of nitrogens with two attached hydrogens (primary N) is 1. The highest BCUT2D eigenvalue weighted by molar-refractivity contribution is 5.22. The lowest BCUT2D eigenvalue weighted by atomic mass is 10.1. The summed E-state index contributed by atoms with van der Waals surface area (Å²) in [5.74, 6) is -0.598. The summed E-state index contributed by atoms with van der Waals surface area (Å²) in [6.07, 6.45) is 6.55. The van der Waals surface area contributed by atoms with Crippen LogP contribution >= 0.6 is 0 Å². The molecule has 1 unspecified atom stereocenters. The quantitative estimate of drug-likeness (QED) is 0.745. The molecule has 17 heavy (non-hydrogen) atoms. The molecule has 0 radical (unpaired) electrons. The molecule has 0 aliphatic heterocycles. The van der Waals surface area contributed by atoms with E-state index >= 15 is 0 Å². The van der Waals surface area contributed by atoms with E-state index in [1.165, 1.54) is 19.3 Å². The van der Waals surface area contributed by atoms with E-state index in [9.17, 15) is 4.39 Å². The number of rotatable bonds is 7. The molecule has 5 heteroatoms. The van der Waals surface area contributed by atoms with E-state index in [0.29, 0.717) is 0 Å². The lowest BCUT2D eigenvalue weighted by Gasteiger charge is -2.14. The molecule has 0 saturated heterocycles. The number of hydrogen-bond acceptors (Lipinski definition) is 4. The maximum atomic E-state index is 13.3. The fourth-order valence-electron chi connectivity index (χ4n) is 1.56. The van der Waals surface area contributed by atoms with Gasteiger partial charge in [0.1, 0.15) is 0 Å². The van der Waals surface area contributed by atoms with Crippen molar-refractivity contribution < 1.29 is 9.13 Å². The molecule has 0 aromatic carbocycles. The van der Waals surface area contributed by atoms with E-state index in [1.807, 2.05) is 6.92 Å². The van der Waals surface area contributed by atoms with Crippen molar-refractivity contribution in [1.82, 2.24) is 9.97 Å². The smallest absolute Gasteiger partial charge is 0.255 e. The average molecular weight is 241 g/mol. The van der Waals surface area contributed by atoms with Crippen LogP contribution in [0.2, 0.25) is 0 Å². The normalized spacial score (nSPS) is 12.4. The summed E-state index contributed by atoms with van der Waals surface area (Å²) in [6, 6.07) is 0. The van der Waals surface area contributed by atoms with Crippen molar-refractivity contribution in [2.75, 3.05) is 5.73 Å². The van der Waals surface area contributed by atoms with Crippen LogP contribution in [0.25, 0.3) is 0 Å². The summed E-state index contributed by atoms with van der Waals surface area (Å²) < 4.78 is 18.7. The monoisotopic (exact) mass is 241 g/mol. The number of hydrogen-bond donors (Lipinski definition) is 1. The Morgan fingerprint density at radius 3 is 2.88 bits per heavy atom. The van der Waals surface area contributed by atoms with Crippen molar-refractivity contribution in [2.24, 2.45) is 0 Å². The van der Waals surface area contributed by atoms with Crippen molar-refractivity contribution in [2.45, 2.75) is 52.1 Å². The van der Waals surface area contributed by atoms with Gasteiger partial charge in [0, 0.05) is 0 Å². The van der Waals surface area contributed by atoms with E-state index in [4.69, 9.17) is 10.5 Å². The first-order chi connectivity index (χ1) is 8.13. The molecular weight excluding hydrogens is 221 g/mol. The number of unbranched alkanes of at least 4 members (excludes halogenated alkanes) is 3. The molecule has 1 heterocycles. The molecule has 1 atom stereocenters. The Labute approximate surface area is 101 Å². The largest absolute Gasteiger partial charge is 0.472 e. The third-order valence-corrected chi connectivity index (χ3v) is 2.51. The van der Waals surface area contributed by atoms with Crippen molar-refractivity contribution in [3.8, 4) is 5.88 Å². The maximum Gasteiger partial charge on any atom is 0.255 e. The predicted octanol–water partition coefficient (Wildman–Crippen LogP) is 2.94. The summed E-state index contributed by atoms with van der Waals surface area (Å²) in [7, 11) is 0. The molecule has 0 fully saturated rings. The standard InChI is InChI=1S/C12H20FN3O/c1-3-4-5-6-7-9(2)17-11-10(13)8-15-12(14)16-11/h8-9H,3-7H2,1-2H3,(H2,14,15,16). The van der Waals surface area contributed by atoms with Gasteiger partial charge in [0.25, 0.3) is 5.88 Å². The van der Waals surface area contributed by atoms with Gasteiger partial charge in [-0.25, -0.2) is 4.98 Å². The van der Waals surface area contributed by atoms with E-state index in [2.05, 4.69) is 16.9 Å². The van der Waals surface area contributed by atoms with Crippen molar-refractivity contribution in [3.63, 3.8) is 0 Å². The van der Waals surface area contributed by atoms with Gasteiger partial charge < -0.3 is 10.5 Å². The number of aromatic nitrogens is 2. The van der Waals surface area contributed by atoms with Gasteiger partial charge in [-0.2, -0.15) is 9.37 Å². The Bertz CT molecular complexity index is 347. The fourth-order valence-corrected chi connectivity index (χ4v) is 1.56. The van der Waals surface area contributed by atoms with E-state index < -0.39 is 5.82 Å². The molecule has 0 saturated carbocycles. The first kappa shape index (κ1) is 13.7. The lowest BCUT2D eigenvalue weighted by molar-refractivity contribution is 0.188. The molecule has 1 rings (SSSR count). The van der Waals surface area contributed by atoms with Crippen LogP contribution < -0.4 is 10.5 Å². The summed E-state index contributed by atoms with van der Waals surface area (Å²) in [5, 5.41) is 0. The summed E-state index contributed by atoms with van der Waals surface area (Å²) in [5.41, 5.74) is 5.37. The number of anilines is 1. The Hall–Kier alpha value is -1.39. The van der Waals surface area contributed by atoms with Crippen molar-refractivity contribution in [3.05, 3.63) is 12.0 Å². The van der Waals surface area contributed by atoms with Crippen LogP contribution in [0, 0.1) is 5.82 Å². The van der Waals surface area contributed by atoms with Crippen LogP contribution in [0.15, 0.2) is 6.20 Å². The minimum atomic E-state index is -0.570. The molecular formula is C12H20FN3O.